The Bertz CT molecular complexity index is 280. The molecule has 0 saturated carbocycles. The van der Waals surface area contributed by atoms with Gasteiger partial charge in [0.2, 0.25) is 0 Å². The van der Waals surface area contributed by atoms with E-state index in [1.54, 1.807) is 27.0 Å². The Morgan fingerprint density at radius 2 is 2.21 bits per heavy atom. The van der Waals surface area contributed by atoms with E-state index >= 15 is 0 Å². The molecule has 0 unspecified atom stereocenters. The Morgan fingerprint density at radius 3 is 2.64 bits per heavy atom. The van der Waals surface area contributed by atoms with E-state index in [2.05, 4.69) is 9.98 Å². The quantitative estimate of drug-likeness (QED) is 0.309. The molecule has 0 radical (unpaired) electrons. The van der Waals surface area contributed by atoms with Crippen molar-refractivity contribution < 1.29 is 9.53 Å². The second-order valence-electron chi connectivity index (χ2n) is 2.30. The number of hydrogen-bond donors (Lipinski definition) is 1. The van der Waals surface area contributed by atoms with Gasteiger partial charge in [-0.15, -0.1) is 0 Å². The number of aliphatic imine (C=N–C) groups is 2. The highest BCUT2D eigenvalue weighted by atomic mass is 16.5. The molecule has 0 spiro atoms. The van der Waals surface area contributed by atoms with Crippen molar-refractivity contribution in [2.45, 2.75) is 13.8 Å². The molecule has 5 nitrogen and oxygen atoms in total. The normalized spacial score (nSPS) is 13.4. The first kappa shape index (κ1) is 12.3. The summed E-state index contributed by atoms with van der Waals surface area (Å²) in [4.78, 5) is 18.7. The molecule has 0 atom stereocenters. The van der Waals surface area contributed by atoms with Crippen molar-refractivity contribution >= 4 is 18.0 Å². The first-order valence-electron chi connectivity index (χ1n) is 4.25. The fraction of sp³-hybridized carbons (Fsp3) is 0.444. The lowest BCUT2D eigenvalue weighted by Crippen LogP contribution is -2.14. The molecule has 0 rings (SSSR count). The van der Waals surface area contributed by atoms with Gasteiger partial charge in [-0.05, 0) is 13.8 Å². The molecule has 0 fully saturated rings. The number of nitrogens with two attached hydrogens (primary N) is 1. The fourth-order valence-electron chi connectivity index (χ4n) is 0.644. The van der Waals surface area contributed by atoms with Crippen LogP contribution in [0.4, 0.5) is 0 Å². The van der Waals surface area contributed by atoms with Crippen LogP contribution in [-0.4, -0.2) is 31.7 Å². The number of nitrogens with zero attached hydrogens (tertiary/aromatic N) is 2. The van der Waals surface area contributed by atoms with Crippen LogP contribution in [0.5, 0.6) is 0 Å². The lowest BCUT2D eigenvalue weighted by molar-refractivity contribution is -0.138. The van der Waals surface area contributed by atoms with Crippen molar-refractivity contribution in [3.05, 3.63) is 11.8 Å². The highest BCUT2D eigenvalue weighted by Gasteiger charge is 2.06. The van der Waals surface area contributed by atoms with E-state index in [0.717, 1.165) is 0 Å². The van der Waals surface area contributed by atoms with Gasteiger partial charge in [0.1, 0.15) is 11.5 Å². The lowest BCUT2D eigenvalue weighted by atomic mass is 10.4. The number of ether oxygens (including phenoxy) is 1. The smallest absolute Gasteiger partial charge is 0.356 e. The zero-order valence-electron chi connectivity index (χ0n) is 8.65. The standard InChI is InChI=1S/C9H15N3O2/c1-4-7(9(13)14-5-2)12-6-8(10)11-3/h4,6H,5H2,1-3H3,(H2,10,11)/b7-4-,12-6?. The number of allylic oxidation sites excluding steroid dienone is 1. The van der Waals surface area contributed by atoms with Gasteiger partial charge in [0.15, 0.2) is 0 Å². The molecule has 5 heteroatoms. The van der Waals surface area contributed by atoms with E-state index in [4.69, 9.17) is 10.5 Å². The van der Waals surface area contributed by atoms with Crippen LogP contribution in [0.3, 0.4) is 0 Å². The molecule has 0 saturated heterocycles. The van der Waals surface area contributed by atoms with Crippen LogP contribution in [0.2, 0.25) is 0 Å². The maximum Gasteiger partial charge on any atom is 0.356 e. The van der Waals surface area contributed by atoms with Gasteiger partial charge in [0.05, 0.1) is 12.8 Å². The molecule has 0 bridgehead atoms. The molecule has 0 aliphatic heterocycles. The van der Waals surface area contributed by atoms with Gasteiger partial charge in [-0.1, -0.05) is 6.08 Å². The summed E-state index contributed by atoms with van der Waals surface area (Å²) in [6.07, 6.45) is 2.86. The van der Waals surface area contributed by atoms with Crippen LogP contribution in [0, 0.1) is 0 Å². The summed E-state index contributed by atoms with van der Waals surface area (Å²) in [5.74, 6) is -0.205. The number of rotatable bonds is 4. The Morgan fingerprint density at radius 1 is 1.57 bits per heavy atom. The van der Waals surface area contributed by atoms with E-state index in [1.807, 2.05) is 0 Å². The molecule has 0 aliphatic carbocycles. The van der Waals surface area contributed by atoms with E-state index in [-0.39, 0.29) is 11.5 Å². The van der Waals surface area contributed by atoms with Crippen LogP contribution < -0.4 is 5.73 Å². The first-order valence-corrected chi connectivity index (χ1v) is 4.25. The van der Waals surface area contributed by atoms with Gasteiger partial charge in [0.25, 0.3) is 0 Å². The number of esters is 1. The first-order chi connectivity index (χ1) is 6.65. The van der Waals surface area contributed by atoms with Crippen molar-refractivity contribution in [2.75, 3.05) is 13.7 Å². The largest absolute Gasteiger partial charge is 0.461 e. The van der Waals surface area contributed by atoms with Gasteiger partial charge in [-0.2, -0.15) is 0 Å². The minimum atomic E-state index is -0.463. The summed E-state index contributed by atoms with van der Waals surface area (Å²) < 4.78 is 4.76. The van der Waals surface area contributed by atoms with Gasteiger partial charge in [-0.3, -0.25) is 4.99 Å². The van der Waals surface area contributed by atoms with E-state index < -0.39 is 5.97 Å². The molecule has 0 aliphatic rings. The topological polar surface area (TPSA) is 77.0 Å². The third-order valence-electron chi connectivity index (χ3n) is 1.35. The molecule has 0 amide bonds. The van der Waals surface area contributed by atoms with E-state index in [0.29, 0.717) is 6.61 Å². The monoisotopic (exact) mass is 197 g/mol. The Balaban J connectivity index is 4.46. The average Bonchev–Trinajstić information content (AvgIpc) is 2.18. The number of carbonyl (C=O) groups excluding carboxylic acids is 1. The van der Waals surface area contributed by atoms with E-state index in [1.165, 1.54) is 6.21 Å². The van der Waals surface area contributed by atoms with Crippen LogP contribution in [0.1, 0.15) is 13.8 Å². The highest BCUT2D eigenvalue weighted by Crippen LogP contribution is 1.98. The maximum absolute atomic E-state index is 11.2. The van der Waals surface area contributed by atoms with Gasteiger partial charge >= 0.3 is 5.97 Å². The molecule has 2 N–H and O–H groups in total. The zero-order valence-corrected chi connectivity index (χ0v) is 8.65. The number of amidine groups is 1. The third-order valence-corrected chi connectivity index (χ3v) is 1.35. The lowest BCUT2D eigenvalue weighted by Gasteiger charge is -2.00. The van der Waals surface area contributed by atoms with Crippen molar-refractivity contribution in [1.82, 2.24) is 0 Å². The van der Waals surface area contributed by atoms with Gasteiger partial charge in [0, 0.05) is 7.05 Å². The Hall–Kier alpha value is -1.65. The van der Waals surface area contributed by atoms with Crippen molar-refractivity contribution in [3.8, 4) is 0 Å². The van der Waals surface area contributed by atoms with E-state index in [9.17, 15) is 4.79 Å². The summed E-state index contributed by atoms with van der Waals surface area (Å²) >= 11 is 0. The SMILES string of the molecule is C/C=C(\N=CC(N)=NC)C(=O)OCC. The van der Waals surface area contributed by atoms with Crippen LogP contribution in [-0.2, 0) is 9.53 Å². The summed E-state index contributed by atoms with van der Waals surface area (Å²) in [6.45, 7) is 3.75. The Labute approximate surface area is 83.4 Å². The van der Waals surface area contributed by atoms with Crippen molar-refractivity contribution in [1.29, 1.82) is 0 Å². The third kappa shape index (κ3) is 4.39. The van der Waals surface area contributed by atoms with Crippen LogP contribution >= 0.6 is 0 Å². The molecule has 14 heavy (non-hydrogen) atoms. The summed E-state index contributed by atoms with van der Waals surface area (Å²) in [5, 5.41) is 0. The zero-order chi connectivity index (χ0) is 11.0. The fourth-order valence-corrected chi connectivity index (χ4v) is 0.644. The van der Waals surface area contributed by atoms with Crippen molar-refractivity contribution in [3.63, 3.8) is 0 Å². The molecule has 0 aromatic rings. The predicted molar refractivity (Wildman–Crippen MR) is 56.4 cm³/mol. The Kier molecular flexibility index (Phi) is 6.02. The summed E-state index contributed by atoms with van der Waals surface area (Å²) in [5.41, 5.74) is 5.59. The predicted octanol–water partition coefficient (Wildman–Crippen LogP) is 0.511. The van der Waals surface area contributed by atoms with Gasteiger partial charge in [-0.25, -0.2) is 9.79 Å². The molecular formula is C9H15N3O2. The molecule has 0 heterocycles. The molecular weight excluding hydrogens is 182 g/mol. The van der Waals surface area contributed by atoms with Crippen molar-refractivity contribution in [2.24, 2.45) is 15.7 Å². The molecule has 78 valence electrons. The molecule has 0 aromatic carbocycles. The molecule has 0 aromatic heterocycles. The minimum absolute atomic E-state index is 0.221. The second kappa shape index (κ2) is 6.82. The average molecular weight is 197 g/mol. The number of hydrogen-bond acceptors (Lipinski definition) is 4. The number of carbonyl (C=O) groups is 1. The highest BCUT2D eigenvalue weighted by molar-refractivity contribution is 6.29. The van der Waals surface area contributed by atoms with Crippen LogP contribution in [0.25, 0.3) is 0 Å². The maximum atomic E-state index is 11.2. The second-order valence-corrected chi connectivity index (χ2v) is 2.30. The summed E-state index contributed by atoms with van der Waals surface area (Å²) in [7, 11) is 1.54. The van der Waals surface area contributed by atoms with Crippen LogP contribution in [0.15, 0.2) is 21.8 Å². The van der Waals surface area contributed by atoms with Gasteiger partial charge < -0.3 is 10.5 Å². The minimum Gasteiger partial charge on any atom is -0.461 e. The summed E-state index contributed by atoms with van der Waals surface area (Å²) in [6, 6.07) is 0.